The van der Waals surface area contributed by atoms with Crippen LogP contribution in [0.4, 0.5) is 17.2 Å². The lowest BCUT2D eigenvalue weighted by molar-refractivity contribution is 0.282. The first kappa shape index (κ1) is 17.8. The van der Waals surface area contributed by atoms with Gasteiger partial charge in [0, 0.05) is 17.3 Å². The summed E-state index contributed by atoms with van der Waals surface area (Å²) in [5.41, 5.74) is 3.53. The average Bonchev–Trinajstić information content (AvgIpc) is 2.61. The van der Waals surface area contributed by atoms with Crippen molar-refractivity contribution in [2.45, 2.75) is 6.61 Å². The van der Waals surface area contributed by atoms with Crippen molar-refractivity contribution in [3.63, 3.8) is 0 Å². The van der Waals surface area contributed by atoms with Gasteiger partial charge in [0.1, 0.15) is 12.1 Å². The summed E-state index contributed by atoms with van der Waals surface area (Å²) in [4.78, 5) is 8.47. The number of aliphatic hydroxyl groups is 1. The number of sulfonamides is 1. The minimum absolute atomic E-state index is 0.0375. The van der Waals surface area contributed by atoms with Crippen LogP contribution >= 0.6 is 0 Å². The number of nitrogens with one attached hydrogen (secondary N) is 2. The second-order valence-electron chi connectivity index (χ2n) is 5.73. The van der Waals surface area contributed by atoms with Gasteiger partial charge < -0.3 is 10.4 Å². The van der Waals surface area contributed by atoms with Crippen LogP contribution in [0.2, 0.25) is 0 Å². The van der Waals surface area contributed by atoms with Gasteiger partial charge in [-0.05, 0) is 29.8 Å². The van der Waals surface area contributed by atoms with Crippen LogP contribution in [-0.2, 0) is 16.6 Å². The molecular weight excluding hydrogens is 352 g/mol. The molecule has 0 radical (unpaired) electrons. The smallest absolute Gasteiger partial charge is 0.229 e. The van der Waals surface area contributed by atoms with Gasteiger partial charge in [-0.25, -0.2) is 18.4 Å². The summed E-state index contributed by atoms with van der Waals surface area (Å²) in [5, 5.41) is 12.4. The number of anilines is 3. The molecule has 0 aliphatic carbocycles. The number of hydrogen-bond acceptors (Lipinski definition) is 6. The van der Waals surface area contributed by atoms with Crippen LogP contribution < -0.4 is 10.0 Å². The lowest BCUT2D eigenvalue weighted by Gasteiger charge is -2.10. The van der Waals surface area contributed by atoms with E-state index in [1.807, 2.05) is 30.3 Å². The van der Waals surface area contributed by atoms with Crippen molar-refractivity contribution in [2.24, 2.45) is 0 Å². The highest BCUT2D eigenvalue weighted by Gasteiger charge is 2.06. The standard InChI is InChI=1S/C18H18N4O3S/c1-26(24,25)22-16-7-3-6-15(9-16)21-18-10-17(19-12-20-18)14-5-2-4-13(8-14)11-23/h2-10,12,22-23H,11H2,1H3,(H,19,20,21). The monoisotopic (exact) mass is 370 g/mol. The maximum atomic E-state index is 11.4. The predicted molar refractivity (Wildman–Crippen MR) is 102 cm³/mol. The molecular formula is C18H18N4O3S. The Morgan fingerprint density at radius 1 is 1.00 bits per heavy atom. The summed E-state index contributed by atoms with van der Waals surface area (Å²) in [6.45, 7) is -0.0375. The molecule has 0 saturated heterocycles. The largest absolute Gasteiger partial charge is 0.392 e. The number of benzene rings is 2. The molecule has 134 valence electrons. The Labute approximate surface area is 151 Å². The minimum atomic E-state index is -3.34. The van der Waals surface area contributed by atoms with Crippen LogP contribution in [0, 0.1) is 0 Å². The lowest BCUT2D eigenvalue weighted by atomic mass is 10.1. The molecule has 1 heterocycles. The summed E-state index contributed by atoms with van der Waals surface area (Å²) in [6, 6.07) is 16.1. The second-order valence-corrected chi connectivity index (χ2v) is 7.48. The number of aliphatic hydroxyl groups excluding tert-OH is 1. The fourth-order valence-corrected chi connectivity index (χ4v) is 2.99. The van der Waals surface area contributed by atoms with Crippen molar-refractivity contribution in [1.29, 1.82) is 0 Å². The van der Waals surface area contributed by atoms with Crippen LogP contribution in [0.5, 0.6) is 0 Å². The SMILES string of the molecule is CS(=O)(=O)Nc1cccc(Nc2cc(-c3cccc(CO)c3)ncn2)c1. The van der Waals surface area contributed by atoms with Crippen LogP contribution in [0.3, 0.4) is 0 Å². The number of aromatic nitrogens is 2. The number of hydrogen-bond donors (Lipinski definition) is 3. The Morgan fingerprint density at radius 3 is 2.54 bits per heavy atom. The molecule has 0 bridgehead atoms. The van der Waals surface area contributed by atoms with E-state index < -0.39 is 10.0 Å². The maximum absolute atomic E-state index is 11.4. The third-order valence-corrected chi connectivity index (χ3v) is 4.12. The summed E-state index contributed by atoms with van der Waals surface area (Å²) in [5.74, 6) is 0.570. The zero-order valence-electron chi connectivity index (χ0n) is 14.0. The predicted octanol–water partition coefficient (Wildman–Crippen LogP) is 2.75. The van der Waals surface area contributed by atoms with E-state index in [0.29, 0.717) is 22.9 Å². The minimum Gasteiger partial charge on any atom is -0.392 e. The Bertz CT molecular complexity index is 1020. The molecule has 2 aromatic carbocycles. The highest BCUT2D eigenvalue weighted by molar-refractivity contribution is 7.92. The Morgan fingerprint density at radius 2 is 1.77 bits per heavy atom. The van der Waals surface area contributed by atoms with E-state index in [-0.39, 0.29) is 6.61 Å². The van der Waals surface area contributed by atoms with Crippen LogP contribution in [0.15, 0.2) is 60.9 Å². The first-order valence-electron chi connectivity index (χ1n) is 7.80. The van der Waals surface area contributed by atoms with Crippen LogP contribution in [0.1, 0.15) is 5.56 Å². The van der Waals surface area contributed by atoms with Gasteiger partial charge in [-0.2, -0.15) is 0 Å². The van der Waals surface area contributed by atoms with Crippen molar-refractivity contribution in [3.05, 3.63) is 66.5 Å². The molecule has 7 nitrogen and oxygen atoms in total. The van der Waals surface area contributed by atoms with Crippen molar-refractivity contribution in [1.82, 2.24) is 9.97 Å². The Balaban J connectivity index is 1.84. The van der Waals surface area contributed by atoms with E-state index in [4.69, 9.17) is 0 Å². The summed E-state index contributed by atoms with van der Waals surface area (Å²) >= 11 is 0. The zero-order chi connectivity index (χ0) is 18.6. The molecule has 0 fully saturated rings. The highest BCUT2D eigenvalue weighted by Crippen LogP contribution is 2.23. The molecule has 0 spiro atoms. The van der Waals surface area contributed by atoms with Gasteiger partial charge in [-0.15, -0.1) is 0 Å². The van der Waals surface area contributed by atoms with Gasteiger partial charge in [-0.1, -0.05) is 24.3 Å². The van der Waals surface area contributed by atoms with Gasteiger partial charge in [0.05, 0.1) is 24.2 Å². The van der Waals surface area contributed by atoms with Gasteiger partial charge in [0.25, 0.3) is 0 Å². The Kier molecular flexibility index (Phi) is 5.15. The third kappa shape index (κ3) is 4.78. The van der Waals surface area contributed by atoms with Crippen molar-refractivity contribution in [3.8, 4) is 11.3 Å². The molecule has 3 aromatic rings. The van der Waals surface area contributed by atoms with E-state index in [0.717, 1.165) is 17.4 Å². The molecule has 1 aromatic heterocycles. The first-order valence-corrected chi connectivity index (χ1v) is 9.69. The zero-order valence-corrected chi connectivity index (χ0v) is 14.9. The molecule has 0 atom stereocenters. The summed E-state index contributed by atoms with van der Waals surface area (Å²) in [6.07, 6.45) is 2.55. The number of rotatable bonds is 6. The maximum Gasteiger partial charge on any atom is 0.229 e. The van der Waals surface area contributed by atoms with Crippen molar-refractivity contribution >= 4 is 27.2 Å². The van der Waals surface area contributed by atoms with Crippen molar-refractivity contribution < 1.29 is 13.5 Å². The second kappa shape index (κ2) is 7.51. The van der Waals surface area contributed by atoms with E-state index in [1.54, 1.807) is 24.3 Å². The van der Waals surface area contributed by atoms with Gasteiger partial charge in [-0.3, -0.25) is 4.72 Å². The van der Waals surface area contributed by atoms with Gasteiger partial charge in [0.15, 0.2) is 0 Å². The van der Waals surface area contributed by atoms with Crippen molar-refractivity contribution in [2.75, 3.05) is 16.3 Å². The van der Waals surface area contributed by atoms with Crippen LogP contribution in [0.25, 0.3) is 11.3 Å². The fraction of sp³-hybridized carbons (Fsp3) is 0.111. The quantitative estimate of drug-likeness (QED) is 0.616. The van der Waals surface area contributed by atoms with E-state index in [1.165, 1.54) is 6.33 Å². The third-order valence-electron chi connectivity index (χ3n) is 3.51. The van der Waals surface area contributed by atoms with E-state index >= 15 is 0 Å². The lowest BCUT2D eigenvalue weighted by Crippen LogP contribution is -2.09. The Hall–Kier alpha value is -2.97. The molecule has 0 saturated carbocycles. The van der Waals surface area contributed by atoms with E-state index in [2.05, 4.69) is 20.0 Å². The molecule has 3 rings (SSSR count). The number of nitrogens with zero attached hydrogens (tertiary/aromatic N) is 2. The molecule has 0 unspecified atom stereocenters. The molecule has 8 heteroatoms. The van der Waals surface area contributed by atoms with E-state index in [9.17, 15) is 13.5 Å². The topological polar surface area (TPSA) is 104 Å². The first-order chi connectivity index (χ1) is 12.4. The molecule has 0 aliphatic heterocycles. The summed E-state index contributed by atoms with van der Waals surface area (Å²) in [7, 11) is -3.34. The average molecular weight is 370 g/mol. The molecule has 0 amide bonds. The fourth-order valence-electron chi connectivity index (χ4n) is 2.43. The molecule has 0 aliphatic rings. The summed E-state index contributed by atoms with van der Waals surface area (Å²) < 4.78 is 25.1. The normalized spacial score (nSPS) is 11.2. The van der Waals surface area contributed by atoms with Gasteiger partial charge >= 0.3 is 0 Å². The molecule has 26 heavy (non-hydrogen) atoms. The van der Waals surface area contributed by atoms with Crippen LogP contribution in [-0.4, -0.2) is 29.7 Å². The van der Waals surface area contributed by atoms with Gasteiger partial charge in [0.2, 0.25) is 10.0 Å². The molecule has 3 N–H and O–H groups in total. The highest BCUT2D eigenvalue weighted by atomic mass is 32.2.